The van der Waals surface area contributed by atoms with Gasteiger partial charge < -0.3 is 34.0 Å². The van der Waals surface area contributed by atoms with Gasteiger partial charge in [-0.3, -0.25) is 0 Å². The molecule has 0 unspecified atom stereocenters. The maximum atomic E-state index is 2.50. The quantitative estimate of drug-likeness (QED) is 0.455. The van der Waals surface area contributed by atoms with Crippen molar-refractivity contribution >= 4 is 6.19 Å². The predicted molar refractivity (Wildman–Crippen MR) is 61.2 cm³/mol. The molecule has 0 atom stereocenters. The van der Waals surface area contributed by atoms with Gasteiger partial charge in [0.25, 0.3) is 0 Å². The van der Waals surface area contributed by atoms with Crippen molar-refractivity contribution in [2.45, 2.75) is 25.9 Å². The van der Waals surface area contributed by atoms with Crippen LogP contribution in [0.2, 0.25) is 13.1 Å². The molecule has 2 rings (SSSR count). The molecule has 0 heterocycles. The van der Waals surface area contributed by atoms with Crippen LogP contribution >= 0.6 is 0 Å². The van der Waals surface area contributed by atoms with Crippen LogP contribution in [0.4, 0.5) is 0 Å². The normalized spacial score (nSPS) is 15.6. The predicted octanol–water partition coefficient (Wildman–Crippen LogP) is -2.45. The molecule has 86 valence electrons. The molecule has 0 spiro atoms. The van der Waals surface area contributed by atoms with Gasteiger partial charge in [0.2, 0.25) is 0 Å². The number of halogens is 2. The van der Waals surface area contributed by atoms with E-state index < -0.39 is 16.6 Å². The van der Waals surface area contributed by atoms with Gasteiger partial charge in [0.05, 0.1) is 0 Å². The Kier molecular flexibility index (Phi) is 8.47. The fourth-order valence-electron chi connectivity index (χ4n) is 2.11. The summed E-state index contributed by atoms with van der Waals surface area (Å²) in [6, 6.07) is 0. The molecule has 0 saturated heterocycles. The standard InChI is InChI=1S/2C5H5.C2H6Si.2BrH.Ti/c2*1-2-4-5-3-1;1-3-2;;;/h2*1-3H,4H2;1-2H3;2*1H;/q;;;;;+2/p-2. The third-order valence-corrected chi connectivity index (χ3v) is 14.2. The van der Waals surface area contributed by atoms with Gasteiger partial charge in [-0.1, -0.05) is 0 Å². The van der Waals surface area contributed by atoms with Crippen LogP contribution in [0.3, 0.4) is 0 Å². The average molecular weight is 396 g/mol. The van der Waals surface area contributed by atoms with Gasteiger partial charge in [-0.15, -0.1) is 0 Å². The maximum absolute atomic E-state index is 2.50. The maximum Gasteiger partial charge on any atom is -1.00 e. The van der Waals surface area contributed by atoms with Crippen LogP contribution in [0.15, 0.2) is 44.2 Å². The second-order valence-electron chi connectivity index (χ2n) is 4.02. The molecular formula is C12H16Br2SiTi. The zero-order chi connectivity index (χ0) is 9.97. The molecule has 0 saturated carbocycles. The summed E-state index contributed by atoms with van der Waals surface area (Å²) in [7, 11) is 0. The Morgan fingerprint density at radius 2 is 1.38 bits per heavy atom. The van der Waals surface area contributed by atoms with Crippen LogP contribution in [0, 0.1) is 0 Å². The summed E-state index contributed by atoms with van der Waals surface area (Å²) in [5.41, 5.74) is 0. The van der Waals surface area contributed by atoms with Gasteiger partial charge >= 0.3 is 92.9 Å². The number of hydrogen-bond donors (Lipinski definition) is 0. The minimum Gasteiger partial charge on any atom is -1.00 e. The molecular weight excluding hydrogens is 380 g/mol. The number of hydrogen-bond acceptors (Lipinski definition) is 0. The third-order valence-electron chi connectivity index (χ3n) is 2.68. The van der Waals surface area contributed by atoms with Crippen LogP contribution in [0.25, 0.3) is 0 Å². The third kappa shape index (κ3) is 3.95. The van der Waals surface area contributed by atoms with Crippen LogP contribution in [-0.4, -0.2) is 6.19 Å². The second-order valence-corrected chi connectivity index (χ2v) is 15.9. The van der Waals surface area contributed by atoms with E-state index in [0.29, 0.717) is 0 Å². The fourth-order valence-corrected chi connectivity index (χ4v) is 13.4. The minimum atomic E-state index is -1.01. The molecule has 0 aliphatic heterocycles. The monoisotopic (exact) mass is 394 g/mol. The van der Waals surface area contributed by atoms with E-state index in [1.54, 1.807) is 7.76 Å². The van der Waals surface area contributed by atoms with Gasteiger partial charge in [-0.2, -0.15) is 0 Å². The molecule has 0 aromatic heterocycles. The van der Waals surface area contributed by atoms with Crippen LogP contribution in [0.1, 0.15) is 12.8 Å². The zero-order valence-electron chi connectivity index (χ0n) is 9.63. The number of rotatable bonds is 2. The van der Waals surface area contributed by atoms with E-state index in [1.165, 1.54) is 12.8 Å². The summed E-state index contributed by atoms with van der Waals surface area (Å²) >= 11 is -1.01. The Balaban J connectivity index is 0.00000112. The molecule has 2 aliphatic rings. The topological polar surface area (TPSA) is 0 Å². The molecule has 0 N–H and O–H groups in total. The Hall–Kier alpha value is 0.851. The first-order valence-electron chi connectivity index (χ1n) is 5.18. The molecule has 0 amide bonds. The molecule has 0 aromatic rings. The van der Waals surface area contributed by atoms with Crippen molar-refractivity contribution < 1.29 is 50.6 Å². The van der Waals surface area contributed by atoms with Crippen molar-refractivity contribution in [1.82, 2.24) is 0 Å². The largest absolute Gasteiger partial charge is 1.00 e. The van der Waals surface area contributed by atoms with Crippen molar-refractivity contribution in [2.24, 2.45) is 0 Å². The smallest absolute Gasteiger partial charge is 1.00 e. The molecule has 2 aliphatic carbocycles. The Bertz CT molecular complexity index is 367. The Morgan fingerprint density at radius 1 is 0.938 bits per heavy atom. The summed E-state index contributed by atoms with van der Waals surface area (Å²) in [4.78, 5) is 0. The van der Waals surface area contributed by atoms with Crippen LogP contribution < -0.4 is 34.0 Å². The fraction of sp³-hybridized carbons (Fsp3) is 0.333. The van der Waals surface area contributed by atoms with Crippen molar-refractivity contribution in [2.75, 3.05) is 0 Å². The van der Waals surface area contributed by atoms with Crippen LogP contribution in [0.5, 0.6) is 0 Å². The summed E-state index contributed by atoms with van der Waals surface area (Å²) < 4.78 is 3.61. The van der Waals surface area contributed by atoms with Gasteiger partial charge in [0.15, 0.2) is 0 Å². The SMILES string of the molecule is C[Si](C)=[Ti+2]([C]1=CC=CC1)[C]1=CC=CC1.[Br-].[Br-]. The molecule has 0 fully saturated rings. The van der Waals surface area contributed by atoms with E-state index in [2.05, 4.69) is 49.6 Å². The Labute approximate surface area is 126 Å². The van der Waals surface area contributed by atoms with Gasteiger partial charge in [0.1, 0.15) is 0 Å². The van der Waals surface area contributed by atoms with Crippen molar-refractivity contribution in [3.8, 4) is 0 Å². The minimum absolute atomic E-state index is 0. The second kappa shape index (κ2) is 8.04. The van der Waals surface area contributed by atoms with Gasteiger partial charge in [-0.25, -0.2) is 0 Å². The van der Waals surface area contributed by atoms with E-state index >= 15 is 0 Å². The summed E-state index contributed by atoms with van der Waals surface area (Å²) in [5.74, 6) is 0. The van der Waals surface area contributed by atoms with Crippen molar-refractivity contribution in [1.29, 1.82) is 0 Å². The van der Waals surface area contributed by atoms with E-state index in [-0.39, 0.29) is 40.1 Å². The van der Waals surface area contributed by atoms with E-state index in [0.717, 1.165) is 0 Å². The summed E-state index contributed by atoms with van der Waals surface area (Å²) in [6.07, 6.45) is 16.3. The van der Waals surface area contributed by atoms with Crippen LogP contribution in [-0.2, 0) is 16.6 Å². The van der Waals surface area contributed by atoms with E-state index in [1.807, 2.05) is 0 Å². The van der Waals surface area contributed by atoms with E-state index in [9.17, 15) is 0 Å². The molecule has 0 nitrogen and oxygen atoms in total. The molecule has 16 heavy (non-hydrogen) atoms. The van der Waals surface area contributed by atoms with E-state index in [4.69, 9.17) is 0 Å². The van der Waals surface area contributed by atoms with Crippen molar-refractivity contribution in [3.63, 3.8) is 0 Å². The molecule has 0 radical (unpaired) electrons. The molecule has 0 bridgehead atoms. The Morgan fingerprint density at radius 3 is 1.62 bits per heavy atom. The average Bonchev–Trinajstić information content (AvgIpc) is 2.75. The summed E-state index contributed by atoms with van der Waals surface area (Å²) in [5, 5.41) is 0. The number of allylic oxidation sites excluding steroid dienone is 8. The van der Waals surface area contributed by atoms with Gasteiger partial charge in [-0.05, 0) is 0 Å². The van der Waals surface area contributed by atoms with Gasteiger partial charge in [0, 0.05) is 0 Å². The first kappa shape index (κ1) is 16.9. The molecule has 0 aromatic carbocycles. The molecule has 4 heteroatoms. The van der Waals surface area contributed by atoms with Crippen molar-refractivity contribution in [3.05, 3.63) is 44.2 Å². The zero-order valence-corrected chi connectivity index (χ0v) is 15.4. The first-order valence-corrected chi connectivity index (χ1v) is 11.6. The first-order chi connectivity index (χ1) is 6.79. The summed E-state index contributed by atoms with van der Waals surface area (Å²) in [6.45, 7) is 5.00.